The summed E-state index contributed by atoms with van der Waals surface area (Å²) in [6.07, 6.45) is 5.47. The summed E-state index contributed by atoms with van der Waals surface area (Å²) in [5, 5.41) is 4.23. The summed E-state index contributed by atoms with van der Waals surface area (Å²) < 4.78 is 5.12. The molecule has 0 amide bonds. The van der Waals surface area contributed by atoms with Crippen LogP contribution in [0.2, 0.25) is 0 Å². The first kappa shape index (κ1) is 21.5. The molecule has 5 nitrogen and oxygen atoms in total. The number of rotatable bonds is 4. The predicted octanol–water partition coefficient (Wildman–Crippen LogP) is 5.80. The Bertz CT molecular complexity index is 1000. The number of carbonyl (C=O) groups is 1. The van der Waals surface area contributed by atoms with Gasteiger partial charge in [0, 0.05) is 11.4 Å². The van der Waals surface area contributed by atoms with Crippen molar-refractivity contribution in [3.8, 4) is 0 Å². The monoisotopic (exact) mass is 435 g/mol. The lowest BCUT2D eigenvalue weighted by Gasteiger charge is -2.43. The molecule has 1 aliphatic heterocycles. The Balaban J connectivity index is 1.69. The van der Waals surface area contributed by atoms with E-state index in [1.807, 2.05) is 31.2 Å². The summed E-state index contributed by atoms with van der Waals surface area (Å²) in [5.41, 5.74) is 4.71. The van der Waals surface area contributed by atoms with Crippen LogP contribution in [0.1, 0.15) is 60.5 Å². The topological polar surface area (TPSA) is 53.9 Å². The SMILES string of the molecule is CCOC(=O)c1ccc(N2C(=S)N=C(Nc3c(C)cccc3C)C23CCCCC3)cc1. The summed E-state index contributed by atoms with van der Waals surface area (Å²) in [5.74, 6) is 0.628. The number of anilines is 2. The van der Waals surface area contributed by atoms with Crippen molar-refractivity contribution in [2.24, 2.45) is 4.99 Å². The zero-order valence-electron chi connectivity index (χ0n) is 18.4. The average molecular weight is 436 g/mol. The normalized spacial score (nSPS) is 17.6. The molecule has 0 aromatic heterocycles. The first-order chi connectivity index (χ1) is 15.0. The maximum absolute atomic E-state index is 12.1. The Morgan fingerprint density at radius 1 is 1.10 bits per heavy atom. The Morgan fingerprint density at radius 2 is 1.74 bits per heavy atom. The third-order valence-electron chi connectivity index (χ3n) is 6.31. The Labute approximate surface area is 189 Å². The Kier molecular flexibility index (Phi) is 6.10. The molecule has 2 aromatic rings. The predicted molar refractivity (Wildman–Crippen MR) is 130 cm³/mol. The number of aryl methyl sites for hydroxylation is 2. The molecule has 1 heterocycles. The highest BCUT2D eigenvalue weighted by Gasteiger charge is 2.49. The first-order valence-corrected chi connectivity index (χ1v) is 11.4. The number of nitrogens with zero attached hydrogens (tertiary/aromatic N) is 2. The van der Waals surface area contributed by atoms with Crippen LogP contribution in [-0.4, -0.2) is 29.1 Å². The average Bonchev–Trinajstić information content (AvgIpc) is 3.02. The van der Waals surface area contributed by atoms with Gasteiger partial charge in [0.2, 0.25) is 5.11 Å². The van der Waals surface area contributed by atoms with Crippen molar-refractivity contribution in [3.63, 3.8) is 0 Å². The molecule has 31 heavy (non-hydrogen) atoms. The maximum atomic E-state index is 12.1. The second kappa shape index (κ2) is 8.79. The highest BCUT2D eigenvalue weighted by atomic mass is 32.1. The molecule has 4 rings (SSSR count). The lowest BCUT2D eigenvalue weighted by molar-refractivity contribution is 0.0526. The first-order valence-electron chi connectivity index (χ1n) is 11.0. The molecule has 1 N–H and O–H groups in total. The van der Waals surface area contributed by atoms with Gasteiger partial charge in [-0.15, -0.1) is 0 Å². The fraction of sp³-hybridized carbons (Fsp3) is 0.400. The maximum Gasteiger partial charge on any atom is 0.338 e. The van der Waals surface area contributed by atoms with Crippen LogP contribution in [0.5, 0.6) is 0 Å². The molecular weight excluding hydrogens is 406 g/mol. The summed E-state index contributed by atoms with van der Waals surface area (Å²) in [6, 6.07) is 13.8. The fourth-order valence-electron chi connectivity index (χ4n) is 4.73. The van der Waals surface area contributed by atoms with Gasteiger partial charge in [0.05, 0.1) is 12.2 Å². The van der Waals surface area contributed by atoms with E-state index >= 15 is 0 Å². The number of amidine groups is 1. The van der Waals surface area contributed by atoms with E-state index in [0.717, 1.165) is 42.9 Å². The van der Waals surface area contributed by atoms with Gasteiger partial charge >= 0.3 is 5.97 Å². The minimum Gasteiger partial charge on any atom is -0.462 e. The number of esters is 1. The van der Waals surface area contributed by atoms with Crippen LogP contribution in [0.4, 0.5) is 11.4 Å². The number of carbonyl (C=O) groups excluding carboxylic acids is 1. The van der Waals surface area contributed by atoms with Crippen molar-refractivity contribution in [1.82, 2.24) is 0 Å². The summed E-state index contributed by atoms with van der Waals surface area (Å²) in [7, 11) is 0. The van der Waals surface area contributed by atoms with Crippen LogP contribution in [-0.2, 0) is 4.74 Å². The smallest absolute Gasteiger partial charge is 0.338 e. The van der Waals surface area contributed by atoms with Crippen molar-refractivity contribution in [1.29, 1.82) is 0 Å². The molecule has 0 bridgehead atoms. The van der Waals surface area contributed by atoms with Gasteiger partial charge in [0.15, 0.2) is 0 Å². The molecule has 1 spiro atoms. The highest BCUT2D eigenvalue weighted by molar-refractivity contribution is 7.80. The number of para-hydroxylation sites is 1. The minimum absolute atomic E-state index is 0.282. The summed E-state index contributed by atoms with van der Waals surface area (Å²) in [6.45, 7) is 6.40. The molecule has 0 atom stereocenters. The highest BCUT2D eigenvalue weighted by Crippen LogP contribution is 2.42. The molecule has 0 unspecified atom stereocenters. The van der Waals surface area contributed by atoms with Gasteiger partial charge in [-0.3, -0.25) is 0 Å². The van der Waals surface area contributed by atoms with E-state index in [0.29, 0.717) is 17.3 Å². The standard InChI is InChI=1S/C25H29N3O2S/c1-4-30-22(29)19-11-13-20(14-12-19)28-24(31)27-23(25(28)15-6-5-7-16-25)26-21-17(2)9-8-10-18(21)3/h8-14H,4-7,15-16H2,1-3H3,(H,26,27,31). The zero-order valence-corrected chi connectivity index (χ0v) is 19.2. The number of benzene rings is 2. The van der Waals surface area contributed by atoms with Crippen LogP contribution in [0.25, 0.3) is 0 Å². The van der Waals surface area contributed by atoms with Gasteiger partial charge in [-0.05, 0) is 81.2 Å². The van der Waals surface area contributed by atoms with E-state index in [9.17, 15) is 4.79 Å². The summed E-state index contributed by atoms with van der Waals surface area (Å²) >= 11 is 5.77. The van der Waals surface area contributed by atoms with Crippen molar-refractivity contribution in [2.45, 2.75) is 58.4 Å². The van der Waals surface area contributed by atoms with Gasteiger partial charge in [0.1, 0.15) is 11.4 Å². The number of ether oxygens (including phenoxy) is 1. The molecule has 2 aromatic carbocycles. The molecule has 162 valence electrons. The van der Waals surface area contributed by atoms with Crippen LogP contribution in [0.3, 0.4) is 0 Å². The minimum atomic E-state index is -0.306. The number of thiocarbonyl (C=S) groups is 1. The number of aliphatic imine (C=N–C) groups is 1. The molecule has 1 aliphatic carbocycles. The molecule has 1 saturated carbocycles. The van der Waals surface area contributed by atoms with Gasteiger partial charge in [-0.2, -0.15) is 0 Å². The Hall–Kier alpha value is -2.73. The van der Waals surface area contributed by atoms with Gasteiger partial charge < -0.3 is 15.0 Å². The molecule has 6 heteroatoms. The number of hydrogen-bond donors (Lipinski definition) is 1. The molecular formula is C25H29N3O2S. The fourth-order valence-corrected chi connectivity index (χ4v) is 5.10. The van der Waals surface area contributed by atoms with E-state index in [1.165, 1.54) is 17.5 Å². The van der Waals surface area contributed by atoms with Crippen LogP contribution >= 0.6 is 12.2 Å². The molecule has 0 radical (unpaired) electrons. The second-order valence-corrected chi connectivity index (χ2v) is 8.69. The lowest BCUT2D eigenvalue weighted by Crippen LogP contribution is -2.55. The second-order valence-electron chi connectivity index (χ2n) is 8.33. The van der Waals surface area contributed by atoms with Gasteiger partial charge in [-0.25, -0.2) is 9.79 Å². The lowest BCUT2D eigenvalue weighted by atomic mass is 9.79. The van der Waals surface area contributed by atoms with E-state index < -0.39 is 0 Å². The molecule has 2 aliphatic rings. The number of nitrogens with one attached hydrogen (secondary N) is 1. The van der Waals surface area contributed by atoms with Crippen LogP contribution in [0.15, 0.2) is 47.5 Å². The largest absolute Gasteiger partial charge is 0.462 e. The van der Waals surface area contributed by atoms with Crippen LogP contribution in [0, 0.1) is 13.8 Å². The van der Waals surface area contributed by atoms with Gasteiger partial charge in [0.25, 0.3) is 0 Å². The molecule has 0 saturated heterocycles. The van der Waals surface area contributed by atoms with Crippen molar-refractivity contribution in [3.05, 3.63) is 59.2 Å². The quantitative estimate of drug-likeness (QED) is 0.486. The third kappa shape index (κ3) is 3.97. The summed E-state index contributed by atoms with van der Waals surface area (Å²) in [4.78, 5) is 19.1. The van der Waals surface area contributed by atoms with Crippen molar-refractivity contribution in [2.75, 3.05) is 16.8 Å². The van der Waals surface area contributed by atoms with Crippen molar-refractivity contribution >= 4 is 40.5 Å². The Morgan fingerprint density at radius 3 is 2.35 bits per heavy atom. The number of hydrogen-bond acceptors (Lipinski definition) is 4. The van der Waals surface area contributed by atoms with Crippen LogP contribution < -0.4 is 10.2 Å². The third-order valence-corrected chi connectivity index (χ3v) is 6.58. The van der Waals surface area contributed by atoms with E-state index in [4.69, 9.17) is 21.9 Å². The zero-order chi connectivity index (χ0) is 22.0. The van der Waals surface area contributed by atoms with Gasteiger partial charge in [-0.1, -0.05) is 37.5 Å². The molecule has 1 fully saturated rings. The van der Waals surface area contributed by atoms with E-state index in [2.05, 4.69) is 42.3 Å². The van der Waals surface area contributed by atoms with Crippen molar-refractivity contribution < 1.29 is 9.53 Å². The van der Waals surface area contributed by atoms with E-state index in [1.54, 1.807) is 0 Å². The van der Waals surface area contributed by atoms with E-state index in [-0.39, 0.29) is 11.5 Å².